The first kappa shape index (κ1) is 13.5. The number of amides is 1. The van der Waals surface area contributed by atoms with Crippen molar-refractivity contribution in [1.29, 1.82) is 0 Å². The lowest BCUT2D eigenvalue weighted by Gasteiger charge is -2.19. The summed E-state index contributed by atoms with van der Waals surface area (Å²) in [5, 5.41) is 3.38. The smallest absolute Gasteiger partial charge is 0.222 e. The summed E-state index contributed by atoms with van der Waals surface area (Å²) in [4.78, 5) is 13.8. The van der Waals surface area contributed by atoms with E-state index >= 15 is 0 Å². The highest BCUT2D eigenvalue weighted by Crippen LogP contribution is 2.22. The van der Waals surface area contributed by atoms with Gasteiger partial charge in [-0.2, -0.15) is 0 Å². The van der Waals surface area contributed by atoms with Crippen molar-refractivity contribution in [2.45, 2.75) is 52.5 Å². The van der Waals surface area contributed by atoms with Crippen molar-refractivity contribution in [3.8, 4) is 0 Å². The fourth-order valence-corrected chi connectivity index (χ4v) is 2.47. The molecule has 0 saturated carbocycles. The summed E-state index contributed by atoms with van der Waals surface area (Å²) < 4.78 is 0. The summed E-state index contributed by atoms with van der Waals surface area (Å²) >= 11 is 0. The number of likely N-dealkylation sites (tertiary alicyclic amines) is 1. The van der Waals surface area contributed by atoms with E-state index in [1.165, 1.54) is 12.8 Å². The van der Waals surface area contributed by atoms with Crippen LogP contribution in [0.2, 0.25) is 0 Å². The highest BCUT2D eigenvalue weighted by atomic mass is 16.2. The number of nitrogens with one attached hydrogen (secondary N) is 1. The first-order valence-corrected chi connectivity index (χ1v) is 6.68. The van der Waals surface area contributed by atoms with Crippen molar-refractivity contribution in [3.05, 3.63) is 0 Å². The first-order valence-electron chi connectivity index (χ1n) is 6.68. The molecule has 94 valence electrons. The maximum Gasteiger partial charge on any atom is 0.222 e. The van der Waals surface area contributed by atoms with E-state index in [2.05, 4.69) is 26.1 Å². The van der Waals surface area contributed by atoms with Gasteiger partial charge in [-0.15, -0.1) is 0 Å². The third-order valence-electron chi connectivity index (χ3n) is 3.38. The van der Waals surface area contributed by atoms with Gasteiger partial charge in [0.1, 0.15) is 0 Å². The second-order valence-electron chi connectivity index (χ2n) is 4.95. The molecule has 0 aromatic carbocycles. The number of nitrogens with zero attached hydrogens (tertiary/aromatic N) is 1. The van der Waals surface area contributed by atoms with Crippen LogP contribution < -0.4 is 5.32 Å². The van der Waals surface area contributed by atoms with Gasteiger partial charge in [0.25, 0.3) is 0 Å². The average Bonchev–Trinajstić information content (AvgIpc) is 2.57. The van der Waals surface area contributed by atoms with Gasteiger partial charge < -0.3 is 10.2 Å². The van der Waals surface area contributed by atoms with Crippen molar-refractivity contribution in [2.24, 2.45) is 5.92 Å². The molecular formula is C13H26N2O. The van der Waals surface area contributed by atoms with E-state index in [1.807, 2.05) is 4.90 Å². The van der Waals surface area contributed by atoms with E-state index in [-0.39, 0.29) is 0 Å². The molecular weight excluding hydrogens is 200 g/mol. The van der Waals surface area contributed by atoms with Crippen molar-refractivity contribution in [1.82, 2.24) is 10.2 Å². The van der Waals surface area contributed by atoms with Gasteiger partial charge in [0, 0.05) is 25.6 Å². The predicted octanol–water partition coefficient (Wildman–Crippen LogP) is 2.02. The minimum atomic E-state index is 0.363. The average molecular weight is 226 g/mol. The molecule has 0 spiro atoms. The topological polar surface area (TPSA) is 32.3 Å². The van der Waals surface area contributed by atoms with Crippen molar-refractivity contribution in [2.75, 3.05) is 19.6 Å². The second kappa shape index (κ2) is 6.89. The molecule has 0 aromatic heterocycles. The Morgan fingerprint density at radius 2 is 2.25 bits per heavy atom. The molecule has 2 unspecified atom stereocenters. The van der Waals surface area contributed by atoms with Gasteiger partial charge in [-0.3, -0.25) is 4.79 Å². The van der Waals surface area contributed by atoms with E-state index < -0.39 is 0 Å². The monoisotopic (exact) mass is 226 g/mol. The van der Waals surface area contributed by atoms with E-state index in [4.69, 9.17) is 0 Å². The van der Waals surface area contributed by atoms with E-state index in [0.29, 0.717) is 17.9 Å². The SMILES string of the molecule is CCCC1CC(=O)N(CCC(C)NCC)C1. The number of carbonyl (C=O) groups excluding carboxylic acids is 1. The minimum absolute atomic E-state index is 0.363. The minimum Gasteiger partial charge on any atom is -0.342 e. The predicted molar refractivity (Wildman–Crippen MR) is 67.4 cm³/mol. The van der Waals surface area contributed by atoms with Crippen LogP contribution in [0.25, 0.3) is 0 Å². The van der Waals surface area contributed by atoms with Gasteiger partial charge in [-0.05, 0) is 32.2 Å². The molecule has 3 nitrogen and oxygen atoms in total. The summed E-state index contributed by atoms with van der Waals surface area (Å²) in [6.07, 6.45) is 4.24. The Morgan fingerprint density at radius 3 is 2.88 bits per heavy atom. The summed E-state index contributed by atoms with van der Waals surface area (Å²) in [5.41, 5.74) is 0. The van der Waals surface area contributed by atoms with Crippen LogP contribution in [0.5, 0.6) is 0 Å². The highest BCUT2D eigenvalue weighted by Gasteiger charge is 2.28. The maximum atomic E-state index is 11.7. The van der Waals surface area contributed by atoms with Gasteiger partial charge in [0.05, 0.1) is 0 Å². The molecule has 16 heavy (non-hydrogen) atoms. The number of hydrogen-bond donors (Lipinski definition) is 1. The summed E-state index contributed by atoms with van der Waals surface area (Å²) in [7, 11) is 0. The molecule has 3 heteroatoms. The van der Waals surface area contributed by atoms with Gasteiger partial charge >= 0.3 is 0 Å². The zero-order chi connectivity index (χ0) is 12.0. The Morgan fingerprint density at radius 1 is 1.50 bits per heavy atom. The highest BCUT2D eigenvalue weighted by molar-refractivity contribution is 5.78. The molecule has 0 radical (unpaired) electrons. The van der Waals surface area contributed by atoms with Crippen LogP contribution in [-0.2, 0) is 4.79 Å². The van der Waals surface area contributed by atoms with Gasteiger partial charge in [0.15, 0.2) is 0 Å². The largest absolute Gasteiger partial charge is 0.342 e. The van der Waals surface area contributed by atoms with E-state index in [0.717, 1.165) is 32.5 Å². The quantitative estimate of drug-likeness (QED) is 0.720. The van der Waals surface area contributed by atoms with Gasteiger partial charge in [0.2, 0.25) is 5.91 Å². The number of hydrogen-bond acceptors (Lipinski definition) is 2. The molecule has 1 fully saturated rings. The van der Waals surface area contributed by atoms with Gasteiger partial charge in [-0.25, -0.2) is 0 Å². The number of rotatable bonds is 7. The van der Waals surface area contributed by atoms with Crippen LogP contribution in [0, 0.1) is 5.92 Å². The lowest BCUT2D eigenvalue weighted by Crippen LogP contribution is -2.33. The summed E-state index contributed by atoms with van der Waals surface area (Å²) in [6.45, 7) is 9.43. The number of carbonyl (C=O) groups is 1. The second-order valence-corrected chi connectivity index (χ2v) is 4.95. The molecule has 1 rings (SSSR count). The normalized spacial score (nSPS) is 22.8. The zero-order valence-electron chi connectivity index (χ0n) is 11.0. The Hall–Kier alpha value is -0.570. The van der Waals surface area contributed by atoms with Crippen LogP contribution in [-0.4, -0.2) is 36.5 Å². The molecule has 1 aliphatic rings. The molecule has 1 aliphatic heterocycles. The Bertz CT molecular complexity index is 218. The van der Waals surface area contributed by atoms with Crippen molar-refractivity contribution >= 4 is 5.91 Å². The van der Waals surface area contributed by atoms with Crippen LogP contribution in [0.15, 0.2) is 0 Å². The summed E-state index contributed by atoms with van der Waals surface area (Å²) in [6, 6.07) is 0.517. The van der Waals surface area contributed by atoms with E-state index in [9.17, 15) is 4.79 Å². The molecule has 1 saturated heterocycles. The molecule has 1 N–H and O–H groups in total. The fraction of sp³-hybridized carbons (Fsp3) is 0.923. The summed E-state index contributed by atoms with van der Waals surface area (Å²) in [5.74, 6) is 0.981. The first-order chi connectivity index (χ1) is 7.67. The lowest BCUT2D eigenvalue weighted by molar-refractivity contribution is -0.127. The maximum absolute atomic E-state index is 11.7. The third kappa shape index (κ3) is 4.12. The third-order valence-corrected chi connectivity index (χ3v) is 3.38. The molecule has 1 heterocycles. The molecule has 0 bridgehead atoms. The van der Waals surface area contributed by atoms with Crippen molar-refractivity contribution in [3.63, 3.8) is 0 Å². The van der Waals surface area contributed by atoms with Crippen molar-refractivity contribution < 1.29 is 4.79 Å². The van der Waals surface area contributed by atoms with Gasteiger partial charge in [-0.1, -0.05) is 20.3 Å². The van der Waals surface area contributed by atoms with Crippen LogP contribution >= 0.6 is 0 Å². The van der Waals surface area contributed by atoms with Crippen LogP contribution in [0.3, 0.4) is 0 Å². The standard InChI is InChI=1S/C13H26N2O/c1-4-6-12-9-13(16)15(10-12)8-7-11(3)14-5-2/h11-12,14H,4-10H2,1-3H3. The van der Waals surface area contributed by atoms with E-state index in [1.54, 1.807) is 0 Å². The Balaban J connectivity index is 2.24. The molecule has 2 atom stereocenters. The molecule has 1 amide bonds. The molecule has 0 aromatic rings. The van der Waals surface area contributed by atoms with Crippen LogP contribution in [0.1, 0.15) is 46.5 Å². The fourth-order valence-electron chi connectivity index (χ4n) is 2.47. The Kier molecular flexibility index (Phi) is 5.81. The zero-order valence-corrected chi connectivity index (χ0v) is 11.0. The lowest BCUT2D eigenvalue weighted by atomic mass is 10.0. The Labute approximate surface area is 99.6 Å². The van der Waals surface area contributed by atoms with Crippen LogP contribution in [0.4, 0.5) is 0 Å². The molecule has 0 aliphatic carbocycles.